The standard InChI is InChI=1S/C15H20N4/c1-12-5-4-6-13(18-12)10-19-11-16-9-15(19)14-7-2-3-8-17-14/h4-6,9,11,14,17H,2-3,7-8,10H2,1H3. The molecule has 0 aromatic carbocycles. The van der Waals surface area contributed by atoms with E-state index in [4.69, 9.17) is 0 Å². The molecule has 4 nitrogen and oxygen atoms in total. The van der Waals surface area contributed by atoms with Crippen molar-refractivity contribution in [3.05, 3.63) is 47.8 Å². The highest BCUT2D eigenvalue weighted by molar-refractivity contribution is 5.13. The SMILES string of the molecule is Cc1cccc(Cn2cncc2C2CCCCN2)n1. The largest absolute Gasteiger partial charge is 0.327 e. The van der Waals surface area contributed by atoms with Gasteiger partial charge in [0, 0.05) is 17.9 Å². The number of nitrogens with one attached hydrogen (secondary N) is 1. The molecule has 0 aliphatic carbocycles. The van der Waals surface area contributed by atoms with Gasteiger partial charge in [0.1, 0.15) is 0 Å². The Bertz CT molecular complexity index is 541. The van der Waals surface area contributed by atoms with Gasteiger partial charge >= 0.3 is 0 Å². The van der Waals surface area contributed by atoms with Crippen LogP contribution in [0.4, 0.5) is 0 Å². The van der Waals surface area contributed by atoms with E-state index in [-0.39, 0.29) is 0 Å². The van der Waals surface area contributed by atoms with E-state index in [1.807, 2.05) is 25.5 Å². The predicted molar refractivity (Wildman–Crippen MR) is 74.9 cm³/mol. The number of aryl methyl sites for hydroxylation is 1. The summed E-state index contributed by atoms with van der Waals surface area (Å²) < 4.78 is 2.21. The van der Waals surface area contributed by atoms with Crippen molar-refractivity contribution in [1.29, 1.82) is 0 Å². The summed E-state index contributed by atoms with van der Waals surface area (Å²) in [6.45, 7) is 3.94. The normalized spacial score (nSPS) is 19.5. The van der Waals surface area contributed by atoms with Gasteiger partial charge in [-0.25, -0.2) is 4.98 Å². The molecule has 0 radical (unpaired) electrons. The zero-order chi connectivity index (χ0) is 13.1. The molecule has 1 atom stereocenters. The second kappa shape index (κ2) is 5.53. The minimum Gasteiger partial charge on any atom is -0.327 e. The smallest absolute Gasteiger partial charge is 0.0952 e. The number of piperidine rings is 1. The van der Waals surface area contributed by atoms with Crippen LogP contribution in [0.1, 0.15) is 42.4 Å². The maximum atomic E-state index is 4.57. The highest BCUT2D eigenvalue weighted by Gasteiger charge is 2.18. The van der Waals surface area contributed by atoms with Crippen molar-refractivity contribution in [2.45, 2.75) is 38.8 Å². The average Bonchev–Trinajstić information content (AvgIpc) is 2.88. The molecule has 1 fully saturated rings. The van der Waals surface area contributed by atoms with Crippen LogP contribution in [0.5, 0.6) is 0 Å². The average molecular weight is 256 g/mol. The third kappa shape index (κ3) is 2.84. The van der Waals surface area contributed by atoms with Gasteiger partial charge < -0.3 is 9.88 Å². The van der Waals surface area contributed by atoms with Crippen molar-refractivity contribution in [3.63, 3.8) is 0 Å². The van der Waals surface area contributed by atoms with Crippen molar-refractivity contribution in [2.24, 2.45) is 0 Å². The van der Waals surface area contributed by atoms with Gasteiger partial charge in [-0.2, -0.15) is 0 Å². The molecule has 0 amide bonds. The van der Waals surface area contributed by atoms with E-state index in [1.54, 1.807) is 0 Å². The first-order valence-electron chi connectivity index (χ1n) is 6.99. The van der Waals surface area contributed by atoms with E-state index >= 15 is 0 Å². The number of nitrogens with zero attached hydrogens (tertiary/aromatic N) is 3. The Kier molecular flexibility index (Phi) is 3.60. The lowest BCUT2D eigenvalue weighted by molar-refractivity contribution is 0.395. The second-order valence-corrected chi connectivity index (χ2v) is 5.22. The fraction of sp³-hybridized carbons (Fsp3) is 0.467. The Morgan fingerprint density at radius 1 is 1.37 bits per heavy atom. The van der Waals surface area contributed by atoms with Gasteiger partial charge in [-0.3, -0.25) is 4.98 Å². The van der Waals surface area contributed by atoms with Gasteiger partial charge in [-0.1, -0.05) is 12.5 Å². The quantitative estimate of drug-likeness (QED) is 0.917. The van der Waals surface area contributed by atoms with E-state index in [0.717, 1.165) is 24.5 Å². The van der Waals surface area contributed by atoms with E-state index in [2.05, 4.69) is 32.0 Å². The lowest BCUT2D eigenvalue weighted by Gasteiger charge is -2.24. The summed E-state index contributed by atoms with van der Waals surface area (Å²) in [6, 6.07) is 6.61. The molecule has 4 heteroatoms. The van der Waals surface area contributed by atoms with Gasteiger partial charge in [0.2, 0.25) is 0 Å². The maximum Gasteiger partial charge on any atom is 0.0952 e. The Morgan fingerprint density at radius 3 is 3.11 bits per heavy atom. The third-order valence-corrected chi connectivity index (χ3v) is 3.69. The molecule has 1 aliphatic heterocycles. The summed E-state index contributed by atoms with van der Waals surface area (Å²) in [5.74, 6) is 0. The Balaban J connectivity index is 1.80. The molecule has 0 spiro atoms. The molecular formula is C15H20N4. The number of pyridine rings is 1. The van der Waals surface area contributed by atoms with Crippen molar-refractivity contribution >= 4 is 0 Å². The maximum absolute atomic E-state index is 4.57. The van der Waals surface area contributed by atoms with Gasteiger partial charge in [0.05, 0.1) is 24.3 Å². The van der Waals surface area contributed by atoms with E-state index < -0.39 is 0 Å². The lowest BCUT2D eigenvalue weighted by Crippen LogP contribution is -2.28. The Labute approximate surface area is 113 Å². The number of hydrogen-bond acceptors (Lipinski definition) is 3. The van der Waals surface area contributed by atoms with E-state index in [0.29, 0.717) is 6.04 Å². The van der Waals surface area contributed by atoms with Crippen LogP contribution >= 0.6 is 0 Å². The van der Waals surface area contributed by atoms with Crippen LogP contribution < -0.4 is 5.32 Å². The molecule has 1 unspecified atom stereocenters. The molecule has 1 saturated heterocycles. The molecule has 3 heterocycles. The second-order valence-electron chi connectivity index (χ2n) is 5.22. The summed E-state index contributed by atoms with van der Waals surface area (Å²) in [7, 11) is 0. The minimum absolute atomic E-state index is 0.445. The van der Waals surface area contributed by atoms with E-state index in [9.17, 15) is 0 Å². The van der Waals surface area contributed by atoms with Crippen LogP contribution in [-0.2, 0) is 6.54 Å². The highest BCUT2D eigenvalue weighted by atomic mass is 15.1. The summed E-state index contributed by atoms with van der Waals surface area (Å²) in [4.78, 5) is 8.88. The fourth-order valence-corrected chi connectivity index (χ4v) is 2.72. The van der Waals surface area contributed by atoms with Crippen molar-refractivity contribution < 1.29 is 0 Å². The Morgan fingerprint density at radius 2 is 2.32 bits per heavy atom. The first-order valence-corrected chi connectivity index (χ1v) is 6.99. The zero-order valence-electron chi connectivity index (χ0n) is 11.3. The summed E-state index contributed by atoms with van der Waals surface area (Å²) in [6.07, 6.45) is 7.68. The van der Waals surface area contributed by atoms with Gasteiger partial charge in [0.15, 0.2) is 0 Å². The van der Waals surface area contributed by atoms with Crippen LogP contribution in [0, 0.1) is 6.92 Å². The predicted octanol–water partition coefficient (Wildman–Crippen LogP) is 2.45. The van der Waals surface area contributed by atoms with Gasteiger partial charge in [-0.05, 0) is 38.4 Å². The number of rotatable bonds is 3. The molecular weight excluding hydrogens is 236 g/mol. The van der Waals surface area contributed by atoms with E-state index in [1.165, 1.54) is 25.0 Å². The van der Waals surface area contributed by atoms with Crippen LogP contribution in [0.3, 0.4) is 0 Å². The molecule has 2 aromatic heterocycles. The first kappa shape index (κ1) is 12.4. The zero-order valence-corrected chi connectivity index (χ0v) is 11.3. The lowest BCUT2D eigenvalue weighted by atomic mass is 10.0. The molecule has 0 saturated carbocycles. The van der Waals surface area contributed by atoms with Crippen molar-refractivity contribution in [3.8, 4) is 0 Å². The summed E-state index contributed by atoms with van der Waals surface area (Å²) in [5.41, 5.74) is 3.44. The monoisotopic (exact) mass is 256 g/mol. The third-order valence-electron chi connectivity index (χ3n) is 3.69. The van der Waals surface area contributed by atoms with Gasteiger partial charge in [-0.15, -0.1) is 0 Å². The molecule has 2 aromatic rings. The number of imidazole rings is 1. The summed E-state index contributed by atoms with van der Waals surface area (Å²) >= 11 is 0. The van der Waals surface area contributed by atoms with Crippen LogP contribution in [0.25, 0.3) is 0 Å². The molecule has 1 aliphatic rings. The van der Waals surface area contributed by atoms with Crippen molar-refractivity contribution in [1.82, 2.24) is 19.9 Å². The molecule has 1 N–H and O–H groups in total. The number of aromatic nitrogens is 3. The fourth-order valence-electron chi connectivity index (χ4n) is 2.72. The summed E-state index contributed by atoms with van der Waals surface area (Å²) in [5, 5.41) is 3.58. The van der Waals surface area contributed by atoms with Crippen LogP contribution in [0.15, 0.2) is 30.7 Å². The molecule has 0 bridgehead atoms. The molecule has 19 heavy (non-hydrogen) atoms. The molecule has 100 valence electrons. The van der Waals surface area contributed by atoms with Crippen LogP contribution in [-0.4, -0.2) is 21.1 Å². The first-order chi connectivity index (χ1) is 9.33. The highest BCUT2D eigenvalue weighted by Crippen LogP contribution is 2.22. The number of hydrogen-bond donors (Lipinski definition) is 1. The van der Waals surface area contributed by atoms with Gasteiger partial charge in [0.25, 0.3) is 0 Å². The minimum atomic E-state index is 0.445. The van der Waals surface area contributed by atoms with Crippen molar-refractivity contribution in [2.75, 3.05) is 6.54 Å². The Hall–Kier alpha value is -1.68. The van der Waals surface area contributed by atoms with Crippen LogP contribution in [0.2, 0.25) is 0 Å². The molecule has 3 rings (SSSR count). The topological polar surface area (TPSA) is 42.7 Å².